The molecular weight excluding hydrogens is 498 g/mol. The molecule has 0 N–H and O–H groups in total. The minimum absolute atomic E-state index is 0.148. The van der Waals surface area contributed by atoms with Crippen molar-refractivity contribution in [2.24, 2.45) is 0 Å². The zero-order chi connectivity index (χ0) is 25.4. The molecule has 15 heteroatoms. The van der Waals surface area contributed by atoms with Gasteiger partial charge >= 0.3 is 0 Å². The van der Waals surface area contributed by atoms with Crippen molar-refractivity contribution in [2.45, 2.75) is 26.2 Å². The van der Waals surface area contributed by atoms with Crippen LogP contribution in [-0.2, 0) is 43.9 Å². The van der Waals surface area contributed by atoms with Crippen LogP contribution < -0.4 is 0 Å². The summed E-state index contributed by atoms with van der Waals surface area (Å²) in [5.41, 5.74) is 0. The summed E-state index contributed by atoms with van der Waals surface area (Å²) in [5, 5.41) is 1.44. The van der Waals surface area contributed by atoms with Gasteiger partial charge in [0.2, 0.25) is 17.7 Å². The van der Waals surface area contributed by atoms with E-state index in [1.54, 1.807) is 0 Å². The van der Waals surface area contributed by atoms with E-state index >= 15 is 0 Å². The lowest BCUT2D eigenvalue weighted by molar-refractivity contribution is -0.158. The van der Waals surface area contributed by atoms with Gasteiger partial charge in [0.05, 0.1) is 37.3 Å². The molecule has 1 aliphatic rings. The van der Waals surface area contributed by atoms with Crippen molar-refractivity contribution in [1.82, 2.24) is 14.7 Å². The van der Waals surface area contributed by atoms with Crippen LogP contribution >= 0.6 is 0 Å². The average Bonchev–Trinajstić information content (AvgIpc) is 2.79. The summed E-state index contributed by atoms with van der Waals surface area (Å²) in [6.07, 6.45) is -1.21. The maximum atomic E-state index is 12.6. The topological polar surface area (TPSA) is 163 Å². The second-order valence-electron chi connectivity index (χ2n) is 7.28. The van der Waals surface area contributed by atoms with Crippen LogP contribution in [0.4, 0.5) is 0 Å². The molecule has 0 spiro atoms. The second kappa shape index (κ2) is 11.7. The lowest BCUT2D eigenvalue weighted by atomic mass is 10.3. The van der Waals surface area contributed by atoms with Crippen molar-refractivity contribution >= 4 is 47.2 Å². The van der Waals surface area contributed by atoms with E-state index in [2.05, 4.69) is 13.2 Å². The molecule has 3 amide bonds. The Morgan fingerprint density at radius 3 is 1.24 bits per heavy atom. The normalized spacial score (nSPS) is 15.2. The number of amides is 3. The van der Waals surface area contributed by atoms with Gasteiger partial charge in [-0.3, -0.25) is 14.4 Å². The van der Waals surface area contributed by atoms with Crippen LogP contribution in [0.1, 0.15) is 26.2 Å². The van der Waals surface area contributed by atoms with Gasteiger partial charge in [0, 0.05) is 35.8 Å². The van der Waals surface area contributed by atoms with Crippen molar-refractivity contribution in [2.75, 3.05) is 43.0 Å². The van der Waals surface area contributed by atoms with E-state index in [0.717, 1.165) is 25.5 Å². The molecule has 0 unspecified atom stereocenters. The maximum Gasteiger partial charge on any atom is 0.226 e. The van der Waals surface area contributed by atoms with Gasteiger partial charge in [0.15, 0.2) is 29.5 Å². The molecule has 1 heterocycles. The number of rotatable bonds is 12. The van der Waals surface area contributed by atoms with Crippen LogP contribution in [-0.4, -0.2) is 101 Å². The van der Waals surface area contributed by atoms with Gasteiger partial charge in [-0.2, -0.15) is 0 Å². The monoisotopic (exact) mass is 527 g/mol. The highest BCUT2D eigenvalue weighted by molar-refractivity contribution is 7.94. The van der Waals surface area contributed by atoms with E-state index in [1.807, 2.05) is 0 Å². The maximum absolute atomic E-state index is 12.6. The van der Waals surface area contributed by atoms with Gasteiger partial charge in [0.25, 0.3) is 0 Å². The van der Waals surface area contributed by atoms with Crippen molar-refractivity contribution in [3.05, 3.63) is 24.0 Å². The van der Waals surface area contributed by atoms with E-state index in [-0.39, 0.29) is 32.2 Å². The SMILES string of the molecule is C=CS(=O)(=O)CCC(=O)N1CN(C(=O)CCS(=O)(=O)C=C)CN(C(=O)CCS(=O)(=O)CC)C1. The Kier molecular flexibility index (Phi) is 10.2. The van der Waals surface area contributed by atoms with E-state index in [0.29, 0.717) is 0 Å². The van der Waals surface area contributed by atoms with Crippen molar-refractivity contribution in [3.8, 4) is 0 Å². The predicted molar refractivity (Wildman–Crippen MR) is 121 cm³/mol. The summed E-state index contributed by atoms with van der Waals surface area (Å²) in [7, 11) is -10.7. The zero-order valence-corrected chi connectivity index (χ0v) is 20.8. The third-order valence-corrected chi connectivity index (χ3v) is 9.13. The van der Waals surface area contributed by atoms with Gasteiger partial charge < -0.3 is 14.7 Å². The largest absolute Gasteiger partial charge is 0.307 e. The number of hydrogen-bond donors (Lipinski definition) is 0. The summed E-state index contributed by atoms with van der Waals surface area (Å²) in [4.78, 5) is 41.0. The first kappa shape index (κ1) is 28.8. The Morgan fingerprint density at radius 2 is 0.970 bits per heavy atom. The highest BCUT2D eigenvalue weighted by Crippen LogP contribution is 2.14. The van der Waals surface area contributed by atoms with Crippen LogP contribution in [0.15, 0.2) is 24.0 Å². The highest BCUT2D eigenvalue weighted by Gasteiger charge is 2.32. The molecule has 0 saturated carbocycles. The van der Waals surface area contributed by atoms with Gasteiger partial charge in [-0.25, -0.2) is 25.3 Å². The van der Waals surface area contributed by atoms with Gasteiger partial charge in [-0.1, -0.05) is 20.1 Å². The molecule has 0 aromatic rings. The molecule has 0 atom stereocenters. The van der Waals surface area contributed by atoms with Crippen LogP contribution in [0.2, 0.25) is 0 Å². The van der Waals surface area contributed by atoms with E-state index in [4.69, 9.17) is 0 Å². The fraction of sp³-hybridized carbons (Fsp3) is 0.611. The fourth-order valence-corrected chi connectivity index (χ4v) is 4.74. The Morgan fingerprint density at radius 1 is 0.667 bits per heavy atom. The van der Waals surface area contributed by atoms with Gasteiger partial charge in [-0.15, -0.1) is 0 Å². The molecule has 0 aliphatic carbocycles. The van der Waals surface area contributed by atoms with Crippen LogP contribution in [0.25, 0.3) is 0 Å². The predicted octanol–water partition coefficient (Wildman–Crippen LogP) is -0.920. The molecule has 0 aromatic carbocycles. The third-order valence-electron chi connectivity index (χ3n) is 4.86. The minimum Gasteiger partial charge on any atom is -0.307 e. The number of sulfone groups is 3. The lowest BCUT2D eigenvalue weighted by Crippen LogP contribution is -2.59. The summed E-state index contributed by atoms with van der Waals surface area (Å²) >= 11 is 0. The Hall–Kier alpha value is -2.26. The average molecular weight is 528 g/mol. The number of carbonyl (C=O) groups excluding carboxylic acids is 3. The van der Waals surface area contributed by atoms with Gasteiger partial charge in [0.1, 0.15) is 0 Å². The van der Waals surface area contributed by atoms with E-state index in [1.165, 1.54) is 6.92 Å². The number of nitrogens with zero attached hydrogens (tertiary/aromatic N) is 3. The standard InChI is InChI=1S/C18H29N3O9S3/c1-4-31(25,26)10-7-16(22)19-13-20(17(23)8-11-32(27,28)5-2)15-21(14-19)18(24)9-12-33(29,30)6-3/h4-5H,1-2,6-15H2,3H3. The van der Waals surface area contributed by atoms with Crippen molar-refractivity contribution in [3.63, 3.8) is 0 Å². The summed E-state index contributed by atoms with van der Waals surface area (Å²) < 4.78 is 69.9. The summed E-state index contributed by atoms with van der Waals surface area (Å²) in [5.74, 6) is -3.52. The number of hydrogen-bond acceptors (Lipinski definition) is 9. The lowest BCUT2D eigenvalue weighted by Gasteiger charge is -2.42. The smallest absolute Gasteiger partial charge is 0.226 e. The van der Waals surface area contributed by atoms with Crippen molar-refractivity contribution < 1.29 is 39.6 Å². The molecule has 188 valence electrons. The van der Waals surface area contributed by atoms with Crippen molar-refractivity contribution in [1.29, 1.82) is 0 Å². The molecule has 1 fully saturated rings. The molecule has 1 rings (SSSR count). The third kappa shape index (κ3) is 9.63. The van der Waals surface area contributed by atoms with Gasteiger partial charge in [-0.05, 0) is 0 Å². The van der Waals surface area contributed by atoms with E-state index in [9.17, 15) is 39.6 Å². The molecule has 12 nitrogen and oxygen atoms in total. The molecule has 1 aliphatic heterocycles. The highest BCUT2D eigenvalue weighted by atomic mass is 32.2. The zero-order valence-electron chi connectivity index (χ0n) is 18.4. The quantitative estimate of drug-likeness (QED) is 0.312. The van der Waals surface area contributed by atoms with Crippen LogP contribution in [0, 0.1) is 0 Å². The second-order valence-corrected chi connectivity index (χ2v) is 13.9. The van der Waals surface area contributed by atoms with Crippen LogP contribution in [0.3, 0.4) is 0 Å². The molecule has 33 heavy (non-hydrogen) atoms. The molecule has 0 radical (unpaired) electrons. The number of carbonyl (C=O) groups is 3. The molecule has 0 bridgehead atoms. The Bertz CT molecular complexity index is 1030. The molecule has 1 saturated heterocycles. The van der Waals surface area contributed by atoms with E-state index < -0.39 is 77.3 Å². The summed E-state index contributed by atoms with van der Waals surface area (Å²) in [6, 6.07) is 0. The van der Waals surface area contributed by atoms with Crippen LogP contribution in [0.5, 0.6) is 0 Å². The first-order valence-corrected chi connectivity index (χ1v) is 15.1. The summed E-state index contributed by atoms with van der Waals surface area (Å²) in [6.45, 7) is 6.95. The Balaban J connectivity index is 3.01. The molecular formula is C18H29N3O9S3. The molecule has 0 aromatic heterocycles. The minimum atomic E-state index is -3.66. The first-order chi connectivity index (χ1) is 15.1. The first-order valence-electron chi connectivity index (χ1n) is 9.89. The fourth-order valence-electron chi connectivity index (χ4n) is 2.71. The Labute approximate surface area is 194 Å².